The Morgan fingerprint density at radius 3 is 2.83 bits per heavy atom. The second kappa shape index (κ2) is 5.24. The van der Waals surface area contributed by atoms with Crippen LogP contribution >= 0.6 is 15.9 Å². The van der Waals surface area contributed by atoms with Crippen LogP contribution < -0.4 is 5.32 Å². The number of hydrogen-bond donors (Lipinski definition) is 1. The van der Waals surface area contributed by atoms with E-state index in [-0.39, 0.29) is 0 Å². The van der Waals surface area contributed by atoms with Crippen molar-refractivity contribution < 1.29 is 0 Å². The highest BCUT2D eigenvalue weighted by molar-refractivity contribution is 9.10. The summed E-state index contributed by atoms with van der Waals surface area (Å²) in [4.78, 5) is 0. The average Bonchev–Trinajstić information content (AvgIpc) is 3.02. The van der Waals surface area contributed by atoms with Gasteiger partial charge in [0.2, 0.25) is 0 Å². The van der Waals surface area contributed by atoms with Crippen molar-refractivity contribution in [2.45, 2.75) is 13.0 Å². The topological polar surface area (TPSA) is 29.9 Å². The first-order chi connectivity index (χ1) is 8.81. The molecule has 1 aromatic heterocycles. The van der Waals surface area contributed by atoms with Crippen LogP contribution in [0.2, 0.25) is 0 Å². The predicted octanol–water partition coefficient (Wildman–Crippen LogP) is 2.92. The van der Waals surface area contributed by atoms with Gasteiger partial charge in [0.05, 0.1) is 6.20 Å². The number of nitrogens with one attached hydrogen (secondary N) is 1. The summed E-state index contributed by atoms with van der Waals surface area (Å²) in [5, 5.41) is 7.85. The zero-order valence-corrected chi connectivity index (χ0v) is 11.7. The smallest absolute Gasteiger partial charge is 0.0568 e. The normalized spacial score (nSPS) is 19.3. The van der Waals surface area contributed by atoms with Crippen LogP contribution in [0.25, 0.3) is 11.1 Å². The van der Waals surface area contributed by atoms with Crippen LogP contribution in [0.3, 0.4) is 0 Å². The van der Waals surface area contributed by atoms with Gasteiger partial charge in [-0.15, -0.1) is 0 Å². The zero-order valence-electron chi connectivity index (χ0n) is 10.1. The van der Waals surface area contributed by atoms with E-state index in [4.69, 9.17) is 0 Å². The van der Waals surface area contributed by atoms with Crippen LogP contribution in [-0.4, -0.2) is 22.9 Å². The first-order valence-electron chi connectivity index (χ1n) is 6.30. The molecule has 0 spiro atoms. The summed E-state index contributed by atoms with van der Waals surface area (Å²) in [6.07, 6.45) is 5.35. The third-order valence-electron chi connectivity index (χ3n) is 3.42. The molecule has 1 unspecified atom stereocenters. The second-order valence-corrected chi connectivity index (χ2v) is 5.73. The van der Waals surface area contributed by atoms with Gasteiger partial charge in [-0.3, -0.25) is 4.68 Å². The summed E-state index contributed by atoms with van der Waals surface area (Å²) in [5.74, 6) is 0.725. The van der Waals surface area contributed by atoms with Gasteiger partial charge in [0.15, 0.2) is 0 Å². The van der Waals surface area contributed by atoms with Gasteiger partial charge < -0.3 is 5.32 Å². The van der Waals surface area contributed by atoms with Crippen molar-refractivity contribution in [1.29, 1.82) is 0 Å². The van der Waals surface area contributed by atoms with Crippen LogP contribution in [0.1, 0.15) is 6.42 Å². The minimum atomic E-state index is 0.725. The number of rotatable bonds is 3. The van der Waals surface area contributed by atoms with Gasteiger partial charge in [-0.1, -0.05) is 28.1 Å². The fraction of sp³-hybridized carbons (Fsp3) is 0.357. The van der Waals surface area contributed by atoms with Crippen LogP contribution in [0, 0.1) is 5.92 Å². The van der Waals surface area contributed by atoms with E-state index in [9.17, 15) is 0 Å². The van der Waals surface area contributed by atoms with Gasteiger partial charge in [-0.05, 0) is 43.1 Å². The molecule has 2 heterocycles. The van der Waals surface area contributed by atoms with E-state index in [0.29, 0.717) is 0 Å². The maximum Gasteiger partial charge on any atom is 0.0568 e. The van der Waals surface area contributed by atoms with Gasteiger partial charge in [0.25, 0.3) is 0 Å². The lowest BCUT2D eigenvalue weighted by Crippen LogP contribution is -2.14. The monoisotopic (exact) mass is 305 g/mol. The average molecular weight is 306 g/mol. The first kappa shape index (κ1) is 11.9. The van der Waals surface area contributed by atoms with E-state index in [1.165, 1.54) is 17.5 Å². The summed E-state index contributed by atoms with van der Waals surface area (Å²) in [6.45, 7) is 3.28. The number of benzene rings is 1. The van der Waals surface area contributed by atoms with Crippen molar-refractivity contribution in [2.75, 3.05) is 13.1 Å². The van der Waals surface area contributed by atoms with Gasteiger partial charge in [-0.25, -0.2) is 0 Å². The van der Waals surface area contributed by atoms with Gasteiger partial charge in [0.1, 0.15) is 0 Å². The van der Waals surface area contributed by atoms with Crippen LogP contribution in [0.4, 0.5) is 0 Å². The van der Waals surface area contributed by atoms with Crippen molar-refractivity contribution in [3.8, 4) is 11.1 Å². The van der Waals surface area contributed by atoms with E-state index in [0.717, 1.165) is 30.0 Å². The number of hydrogen-bond acceptors (Lipinski definition) is 2. The predicted molar refractivity (Wildman–Crippen MR) is 76.3 cm³/mol. The molecule has 3 rings (SSSR count). The number of halogens is 1. The number of aromatic nitrogens is 2. The summed E-state index contributed by atoms with van der Waals surface area (Å²) >= 11 is 3.45. The molecule has 18 heavy (non-hydrogen) atoms. The highest BCUT2D eigenvalue weighted by atomic mass is 79.9. The molecule has 0 aliphatic carbocycles. The Kier molecular flexibility index (Phi) is 3.48. The Balaban J connectivity index is 1.74. The Morgan fingerprint density at radius 1 is 1.28 bits per heavy atom. The van der Waals surface area contributed by atoms with Gasteiger partial charge in [-0.2, -0.15) is 5.10 Å². The fourth-order valence-electron chi connectivity index (χ4n) is 2.39. The van der Waals surface area contributed by atoms with Crippen LogP contribution in [0.5, 0.6) is 0 Å². The summed E-state index contributed by atoms with van der Waals surface area (Å²) in [7, 11) is 0. The van der Waals surface area contributed by atoms with Crippen molar-refractivity contribution in [1.82, 2.24) is 15.1 Å². The van der Waals surface area contributed by atoms with E-state index in [1.807, 2.05) is 6.20 Å². The third kappa shape index (κ3) is 2.65. The quantitative estimate of drug-likeness (QED) is 0.945. The number of nitrogens with zero attached hydrogens (tertiary/aromatic N) is 2. The molecule has 94 valence electrons. The molecule has 1 aromatic carbocycles. The highest BCUT2D eigenvalue weighted by Gasteiger charge is 2.15. The van der Waals surface area contributed by atoms with Crippen molar-refractivity contribution in [3.63, 3.8) is 0 Å². The molecule has 0 saturated carbocycles. The first-order valence-corrected chi connectivity index (χ1v) is 7.10. The maximum absolute atomic E-state index is 4.46. The van der Waals surface area contributed by atoms with Crippen molar-refractivity contribution >= 4 is 15.9 Å². The van der Waals surface area contributed by atoms with E-state index in [2.05, 4.69) is 61.5 Å². The molecule has 0 amide bonds. The van der Waals surface area contributed by atoms with E-state index >= 15 is 0 Å². The van der Waals surface area contributed by atoms with Crippen LogP contribution in [0.15, 0.2) is 41.1 Å². The largest absolute Gasteiger partial charge is 0.316 e. The Labute approximate surface area is 115 Å². The van der Waals surface area contributed by atoms with E-state index < -0.39 is 0 Å². The molecule has 1 N–H and O–H groups in total. The summed E-state index contributed by atoms with van der Waals surface area (Å²) in [6, 6.07) is 8.35. The third-order valence-corrected chi connectivity index (χ3v) is 3.95. The molecular weight excluding hydrogens is 290 g/mol. The minimum absolute atomic E-state index is 0.725. The molecule has 3 nitrogen and oxygen atoms in total. The molecule has 1 saturated heterocycles. The van der Waals surface area contributed by atoms with Crippen molar-refractivity contribution in [2.24, 2.45) is 5.92 Å². The molecule has 0 bridgehead atoms. The van der Waals surface area contributed by atoms with Crippen LogP contribution in [-0.2, 0) is 6.54 Å². The molecule has 1 fully saturated rings. The lowest BCUT2D eigenvalue weighted by molar-refractivity contribution is 0.449. The Morgan fingerprint density at radius 2 is 2.11 bits per heavy atom. The Hall–Kier alpha value is -1.13. The SMILES string of the molecule is Brc1ccc(-c2cnn(CC3CCNC3)c2)cc1. The minimum Gasteiger partial charge on any atom is -0.316 e. The molecule has 1 atom stereocenters. The molecule has 4 heteroatoms. The second-order valence-electron chi connectivity index (χ2n) is 4.82. The zero-order chi connectivity index (χ0) is 12.4. The molecule has 1 aliphatic heterocycles. The standard InChI is InChI=1S/C14H16BrN3/c15-14-3-1-12(2-4-14)13-8-17-18(10-13)9-11-5-6-16-7-11/h1-4,8,10-11,16H,5-7,9H2. The Bertz CT molecular complexity index is 512. The van der Waals surface area contributed by atoms with Crippen molar-refractivity contribution in [3.05, 3.63) is 41.1 Å². The van der Waals surface area contributed by atoms with Gasteiger partial charge >= 0.3 is 0 Å². The lowest BCUT2D eigenvalue weighted by atomic mass is 10.1. The lowest BCUT2D eigenvalue weighted by Gasteiger charge is -2.07. The molecular formula is C14H16BrN3. The summed E-state index contributed by atoms with van der Waals surface area (Å²) < 4.78 is 3.17. The fourth-order valence-corrected chi connectivity index (χ4v) is 2.65. The molecule has 1 aliphatic rings. The summed E-state index contributed by atoms with van der Waals surface area (Å²) in [5.41, 5.74) is 2.41. The maximum atomic E-state index is 4.46. The molecule has 0 radical (unpaired) electrons. The molecule has 2 aromatic rings. The van der Waals surface area contributed by atoms with E-state index in [1.54, 1.807) is 0 Å². The highest BCUT2D eigenvalue weighted by Crippen LogP contribution is 2.21. The van der Waals surface area contributed by atoms with Gasteiger partial charge in [0, 0.05) is 22.8 Å².